The summed E-state index contributed by atoms with van der Waals surface area (Å²) >= 11 is 0. The molecule has 7 heteroatoms. The molecule has 0 saturated heterocycles. The van der Waals surface area contributed by atoms with Gasteiger partial charge in [-0.25, -0.2) is 0 Å². The van der Waals surface area contributed by atoms with E-state index in [1.165, 1.54) is 11.1 Å². The molecule has 10 aromatic rings. The molecule has 3 heterocycles. The van der Waals surface area contributed by atoms with Gasteiger partial charge >= 0.3 is 0 Å². The Morgan fingerprint density at radius 2 is 1.28 bits per heavy atom. The molecule has 0 spiro atoms. The van der Waals surface area contributed by atoms with Gasteiger partial charge in [0.2, 0.25) is 0 Å². The van der Waals surface area contributed by atoms with Gasteiger partial charge in [0.05, 0.1) is 27.9 Å². The Balaban J connectivity index is 0.00000462. The van der Waals surface area contributed by atoms with E-state index in [0.29, 0.717) is 11.1 Å². The molecule has 3 aromatic heterocycles. The Bertz CT molecular complexity index is 3260. The number of nitrogens with zero attached hydrogens (tertiary/aromatic N) is 4. The topological polar surface area (TPSA) is 77.0 Å². The van der Waals surface area contributed by atoms with Crippen LogP contribution >= 0.6 is 0 Å². The molecule has 0 aliphatic carbocycles. The zero-order chi connectivity index (χ0) is 40.6. The van der Waals surface area contributed by atoms with Gasteiger partial charge in [0.25, 0.3) is 0 Å². The third kappa shape index (κ3) is 6.69. The first-order valence-electron chi connectivity index (χ1n) is 20.1. The predicted octanol–water partition coefficient (Wildman–Crippen LogP) is 13.6. The van der Waals surface area contributed by atoms with Crippen molar-refractivity contribution in [3.05, 3.63) is 163 Å². The standard InChI is InChI=1S/C53H43N4O2.Pt/c1-52(2,3)35-22-23-44(39(27-35)32-14-8-7-9-15-32)57-45-20-13-19-38(41-30-42-37-18-10-11-21-47(37)59-48(42)31-46(41)58)50(45)56-51(57)34-17-12-16-33(26-34)40-28-36(53(4,5)6)29-43-49(40)55-25-24-54-43;/h7-25,27-31,58H,1-6H3;/q-1;. The molecule has 0 bridgehead atoms. The van der Waals surface area contributed by atoms with Crippen molar-refractivity contribution in [3.63, 3.8) is 0 Å². The Kier molecular flexibility index (Phi) is 9.60. The summed E-state index contributed by atoms with van der Waals surface area (Å²) in [6.45, 7) is 13.4. The predicted molar refractivity (Wildman–Crippen MR) is 241 cm³/mol. The van der Waals surface area contributed by atoms with Gasteiger partial charge in [-0.3, -0.25) is 15.0 Å². The second-order valence-electron chi connectivity index (χ2n) is 17.4. The number of para-hydroxylation sites is 2. The van der Waals surface area contributed by atoms with Crippen LogP contribution in [0.3, 0.4) is 0 Å². The Labute approximate surface area is 363 Å². The van der Waals surface area contributed by atoms with Gasteiger partial charge in [-0.05, 0) is 63.9 Å². The minimum Gasteiger partial charge on any atom is -0.507 e. The number of phenolic OH excluding ortho intramolecular Hbond substituents is 1. The molecule has 0 amide bonds. The number of imidazole rings is 1. The molecule has 10 rings (SSSR count). The second kappa shape index (κ2) is 14.7. The van der Waals surface area contributed by atoms with Crippen LogP contribution in [0.4, 0.5) is 0 Å². The number of aromatic hydroxyl groups is 1. The number of phenols is 1. The summed E-state index contributed by atoms with van der Waals surface area (Å²) in [6, 6.07) is 49.7. The first-order valence-corrected chi connectivity index (χ1v) is 20.1. The normalized spacial score (nSPS) is 12.1. The summed E-state index contributed by atoms with van der Waals surface area (Å²) in [4.78, 5) is 15.1. The first-order chi connectivity index (χ1) is 28.4. The van der Waals surface area contributed by atoms with E-state index in [9.17, 15) is 5.11 Å². The zero-order valence-corrected chi connectivity index (χ0v) is 36.6. The molecule has 0 radical (unpaired) electrons. The van der Waals surface area contributed by atoms with Gasteiger partial charge < -0.3 is 14.1 Å². The fourth-order valence-corrected chi connectivity index (χ4v) is 8.23. The Hall–Kier alpha value is -6.36. The number of rotatable bonds is 5. The van der Waals surface area contributed by atoms with Crippen LogP contribution in [0.15, 0.2) is 150 Å². The van der Waals surface area contributed by atoms with Gasteiger partial charge in [-0.2, -0.15) is 0 Å². The largest absolute Gasteiger partial charge is 0.507 e. The molecule has 298 valence electrons. The van der Waals surface area contributed by atoms with Crippen molar-refractivity contribution < 1.29 is 30.6 Å². The van der Waals surface area contributed by atoms with Gasteiger partial charge in [0, 0.05) is 72.7 Å². The third-order valence-electron chi connectivity index (χ3n) is 11.4. The van der Waals surface area contributed by atoms with E-state index < -0.39 is 0 Å². The number of furan rings is 1. The number of hydrogen-bond acceptors (Lipinski definition) is 5. The summed E-state index contributed by atoms with van der Waals surface area (Å²) in [5.74, 6) is 0.853. The third-order valence-corrected chi connectivity index (χ3v) is 11.4. The number of fused-ring (bicyclic) bond motifs is 5. The van der Waals surface area contributed by atoms with Gasteiger partial charge in [-0.15, -0.1) is 29.8 Å². The molecule has 0 aliphatic heterocycles. The van der Waals surface area contributed by atoms with E-state index in [-0.39, 0.29) is 37.6 Å². The molecule has 1 N–H and O–H groups in total. The average Bonchev–Trinajstić information content (AvgIpc) is 3.81. The van der Waals surface area contributed by atoms with Crippen molar-refractivity contribution in [2.75, 3.05) is 0 Å². The van der Waals surface area contributed by atoms with Crippen LogP contribution in [-0.4, -0.2) is 24.6 Å². The maximum atomic E-state index is 11.7. The van der Waals surface area contributed by atoms with Crippen LogP contribution in [0.1, 0.15) is 52.7 Å². The van der Waals surface area contributed by atoms with Gasteiger partial charge in [-0.1, -0.05) is 125 Å². The van der Waals surface area contributed by atoms with E-state index in [4.69, 9.17) is 19.4 Å². The van der Waals surface area contributed by atoms with Crippen LogP contribution in [0.25, 0.3) is 94.5 Å². The number of benzene rings is 7. The van der Waals surface area contributed by atoms with Crippen LogP contribution in [0.5, 0.6) is 5.75 Å². The van der Waals surface area contributed by atoms with E-state index in [1.54, 1.807) is 18.5 Å². The van der Waals surface area contributed by atoms with Crippen molar-refractivity contribution in [1.82, 2.24) is 19.5 Å². The molecule has 0 unspecified atom stereocenters. The smallest absolute Gasteiger partial charge is 0.139 e. The summed E-state index contributed by atoms with van der Waals surface area (Å²) < 4.78 is 8.41. The first kappa shape index (κ1) is 39.1. The number of aromatic nitrogens is 4. The molecular formula is C53H43N4O2Pt-. The minimum atomic E-state index is -0.104. The summed E-state index contributed by atoms with van der Waals surface area (Å²) in [5, 5.41) is 13.6. The molecular weight excluding hydrogens is 920 g/mol. The van der Waals surface area contributed by atoms with Crippen molar-refractivity contribution in [1.29, 1.82) is 0 Å². The van der Waals surface area contributed by atoms with Crippen molar-refractivity contribution >= 4 is 44.0 Å². The maximum Gasteiger partial charge on any atom is 0.139 e. The van der Waals surface area contributed by atoms with E-state index in [1.807, 2.05) is 36.4 Å². The average molecular weight is 963 g/mol. The minimum absolute atomic E-state index is 0. The fraction of sp³-hybridized carbons (Fsp3) is 0.151. The Morgan fingerprint density at radius 3 is 2.08 bits per heavy atom. The van der Waals surface area contributed by atoms with E-state index in [2.05, 4.69) is 143 Å². The van der Waals surface area contributed by atoms with Crippen LogP contribution in [0.2, 0.25) is 0 Å². The molecule has 0 fully saturated rings. The summed E-state index contributed by atoms with van der Waals surface area (Å²) in [5.41, 5.74) is 14.3. The quantitative estimate of drug-likeness (QED) is 0.174. The van der Waals surface area contributed by atoms with Crippen molar-refractivity contribution in [2.24, 2.45) is 0 Å². The van der Waals surface area contributed by atoms with Crippen LogP contribution < -0.4 is 0 Å². The molecule has 60 heavy (non-hydrogen) atoms. The van der Waals surface area contributed by atoms with Crippen molar-refractivity contribution in [3.8, 4) is 56.2 Å². The maximum absolute atomic E-state index is 11.7. The number of hydrogen-bond donors (Lipinski definition) is 1. The fourth-order valence-electron chi connectivity index (χ4n) is 8.23. The second-order valence-corrected chi connectivity index (χ2v) is 17.4. The molecule has 6 nitrogen and oxygen atoms in total. The summed E-state index contributed by atoms with van der Waals surface area (Å²) in [7, 11) is 0. The molecule has 0 aliphatic rings. The van der Waals surface area contributed by atoms with Crippen LogP contribution in [-0.2, 0) is 31.9 Å². The van der Waals surface area contributed by atoms with E-state index in [0.717, 1.165) is 83.3 Å². The molecule has 0 atom stereocenters. The molecule has 0 saturated carbocycles. The van der Waals surface area contributed by atoms with Gasteiger partial charge in [0.1, 0.15) is 16.9 Å². The molecule has 7 aromatic carbocycles. The van der Waals surface area contributed by atoms with Gasteiger partial charge in [0.15, 0.2) is 0 Å². The zero-order valence-electron chi connectivity index (χ0n) is 34.3. The summed E-state index contributed by atoms with van der Waals surface area (Å²) in [6.07, 6.45) is 3.50. The van der Waals surface area contributed by atoms with Crippen LogP contribution in [0, 0.1) is 6.07 Å². The SMILES string of the molecule is CC(C)(C)c1ccc(-n2c(-c3[c-]c(-c4cc(C(C)(C)C)cc5nccnc45)ccc3)nc3c(-c4cc5c(cc4O)oc4ccccc45)cccc32)c(-c2ccccc2)c1.[Pt]. The van der Waals surface area contributed by atoms with Crippen molar-refractivity contribution in [2.45, 2.75) is 52.4 Å². The van der Waals surface area contributed by atoms with E-state index >= 15 is 0 Å². The monoisotopic (exact) mass is 962 g/mol. The Morgan fingerprint density at radius 1 is 0.567 bits per heavy atom.